The minimum Gasteiger partial charge on any atom is -0.350 e. The summed E-state index contributed by atoms with van der Waals surface area (Å²) in [6.45, 7) is 0.692. The van der Waals surface area contributed by atoms with Crippen molar-refractivity contribution < 1.29 is 39.6 Å². The van der Waals surface area contributed by atoms with E-state index < -0.39 is 57.7 Å². The number of nitrogens with zero attached hydrogens (tertiary/aromatic N) is 2. The van der Waals surface area contributed by atoms with Gasteiger partial charge in [0, 0.05) is 18.2 Å². The number of hydrogen-bond donors (Lipinski definition) is 2. The van der Waals surface area contributed by atoms with Crippen LogP contribution in [0.25, 0.3) is 5.69 Å². The zero-order valence-electron chi connectivity index (χ0n) is 18.8. The maximum Gasteiger partial charge on any atom is 0.435 e. The molecule has 36 heavy (non-hydrogen) atoms. The van der Waals surface area contributed by atoms with Gasteiger partial charge in [-0.2, -0.15) is 18.3 Å². The molecule has 0 aliphatic rings. The topological polar surface area (TPSA) is 93.1 Å². The number of aromatic nitrogens is 2. The fourth-order valence-electron chi connectivity index (χ4n) is 3.19. The maximum absolute atomic E-state index is 14.4. The lowest BCUT2D eigenvalue weighted by atomic mass is 9.98. The van der Waals surface area contributed by atoms with Gasteiger partial charge in [0.25, 0.3) is 0 Å². The van der Waals surface area contributed by atoms with Crippen molar-refractivity contribution in [2.24, 2.45) is 0 Å². The van der Waals surface area contributed by atoms with E-state index in [4.69, 9.17) is 0 Å². The van der Waals surface area contributed by atoms with E-state index in [-0.39, 0.29) is 29.1 Å². The molecule has 0 aliphatic carbocycles. The second kappa shape index (κ2) is 10.3. The Kier molecular flexibility index (Phi) is 7.79. The predicted octanol–water partition coefficient (Wildman–Crippen LogP) is 3.78. The van der Waals surface area contributed by atoms with Gasteiger partial charge in [-0.1, -0.05) is 12.1 Å². The molecule has 0 bridgehead atoms. The first-order valence-electron chi connectivity index (χ1n) is 10.3. The summed E-state index contributed by atoms with van der Waals surface area (Å²) >= 11 is 0. The molecule has 3 aromatic rings. The van der Waals surface area contributed by atoms with E-state index in [1.54, 1.807) is 0 Å². The van der Waals surface area contributed by atoms with Crippen molar-refractivity contribution in [2.45, 2.75) is 32.1 Å². The Morgan fingerprint density at radius 2 is 1.69 bits per heavy atom. The first-order chi connectivity index (χ1) is 16.7. The van der Waals surface area contributed by atoms with E-state index in [9.17, 15) is 39.6 Å². The molecule has 14 heteroatoms. The highest BCUT2D eigenvalue weighted by molar-refractivity contribution is 7.88. The molecule has 0 radical (unpaired) electrons. The first kappa shape index (κ1) is 27.2. The van der Waals surface area contributed by atoms with Crippen molar-refractivity contribution >= 4 is 15.9 Å². The highest BCUT2D eigenvalue weighted by Gasteiger charge is 2.35. The molecular weight excluding hydrogens is 514 g/mol. The van der Waals surface area contributed by atoms with Crippen LogP contribution >= 0.6 is 0 Å². The summed E-state index contributed by atoms with van der Waals surface area (Å²) in [6.07, 6.45) is -3.91. The first-order valence-corrected chi connectivity index (χ1v) is 12.2. The lowest BCUT2D eigenvalue weighted by Crippen LogP contribution is -2.28. The van der Waals surface area contributed by atoms with Gasteiger partial charge in [-0.25, -0.2) is 31.0 Å². The lowest BCUT2D eigenvalue weighted by molar-refractivity contribution is -0.141. The quantitative estimate of drug-likeness (QED) is 0.431. The molecule has 3 rings (SSSR count). The number of sulfonamides is 1. The number of halogens is 6. The van der Waals surface area contributed by atoms with Gasteiger partial charge in [0.05, 0.1) is 30.1 Å². The Hall–Kier alpha value is -3.39. The van der Waals surface area contributed by atoms with Gasteiger partial charge < -0.3 is 5.32 Å². The number of nitrogens with one attached hydrogen (secondary N) is 2. The van der Waals surface area contributed by atoms with Crippen LogP contribution in [0.5, 0.6) is 0 Å². The van der Waals surface area contributed by atoms with E-state index in [1.807, 2.05) is 0 Å². The van der Waals surface area contributed by atoms with E-state index in [0.717, 1.165) is 29.1 Å². The van der Waals surface area contributed by atoms with Crippen LogP contribution in [0.3, 0.4) is 0 Å². The van der Waals surface area contributed by atoms with Crippen molar-refractivity contribution in [2.75, 3.05) is 6.26 Å². The van der Waals surface area contributed by atoms with Crippen LogP contribution in [0, 0.1) is 17.5 Å². The van der Waals surface area contributed by atoms with E-state index >= 15 is 0 Å². The Morgan fingerprint density at radius 1 is 1.00 bits per heavy atom. The molecule has 1 amide bonds. The Labute approximate surface area is 202 Å². The van der Waals surface area contributed by atoms with Gasteiger partial charge in [-0.05, 0) is 36.8 Å². The molecule has 1 unspecified atom stereocenters. The molecule has 0 aliphatic heterocycles. The van der Waals surface area contributed by atoms with E-state index in [0.29, 0.717) is 12.1 Å². The fourth-order valence-corrected chi connectivity index (χ4v) is 3.61. The number of carbonyl (C=O) groups is 1. The number of alkyl halides is 3. The third kappa shape index (κ3) is 6.63. The Bertz CT molecular complexity index is 1390. The van der Waals surface area contributed by atoms with Crippen molar-refractivity contribution in [3.8, 4) is 5.69 Å². The van der Waals surface area contributed by atoms with Gasteiger partial charge in [0.2, 0.25) is 15.9 Å². The average Bonchev–Trinajstić information content (AvgIpc) is 3.22. The summed E-state index contributed by atoms with van der Waals surface area (Å²) in [5.74, 6) is -4.84. The van der Waals surface area contributed by atoms with Gasteiger partial charge >= 0.3 is 6.18 Å². The molecule has 2 aromatic carbocycles. The molecular formula is C22H20F6N4O3S. The second-order valence-electron chi connectivity index (χ2n) is 7.91. The summed E-state index contributed by atoms with van der Waals surface area (Å²) in [6, 6.07) is 6.86. The van der Waals surface area contributed by atoms with Gasteiger partial charge in [0.1, 0.15) is 5.82 Å². The van der Waals surface area contributed by atoms with Gasteiger partial charge in [-0.3, -0.25) is 4.79 Å². The number of carbonyl (C=O) groups excluding carboxylic acids is 1. The fraction of sp³-hybridized carbons (Fsp3) is 0.273. The molecule has 0 spiro atoms. The highest BCUT2D eigenvalue weighted by atomic mass is 32.2. The van der Waals surface area contributed by atoms with Crippen LogP contribution in [-0.2, 0) is 34.1 Å². The smallest absolute Gasteiger partial charge is 0.350 e. The normalized spacial score (nSPS) is 13.0. The minimum absolute atomic E-state index is 0.0481. The van der Waals surface area contributed by atoms with Gasteiger partial charge in [0.15, 0.2) is 17.3 Å². The summed E-state index contributed by atoms with van der Waals surface area (Å²) in [5.41, 5.74) is -1.38. The van der Waals surface area contributed by atoms with Crippen LogP contribution in [0.1, 0.15) is 35.4 Å². The van der Waals surface area contributed by atoms with Gasteiger partial charge in [-0.15, -0.1) is 0 Å². The highest BCUT2D eigenvalue weighted by Crippen LogP contribution is 2.30. The summed E-state index contributed by atoms with van der Waals surface area (Å²) in [7, 11) is -3.55. The molecule has 0 fully saturated rings. The van der Waals surface area contributed by atoms with E-state index in [1.165, 1.54) is 19.1 Å². The van der Waals surface area contributed by atoms with Crippen molar-refractivity contribution in [3.63, 3.8) is 0 Å². The number of hydrogen-bond acceptors (Lipinski definition) is 4. The molecule has 2 N–H and O–H groups in total. The molecule has 0 saturated carbocycles. The van der Waals surface area contributed by atoms with Crippen LogP contribution < -0.4 is 10.0 Å². The van der Waals surface area contributed by atoms with Crippen LogP contribution in [0.2, 0.25) is 0 Å². The largest absolute Gasteiger partial charge is 0.435 e. The van der Waals surface area contributed by atoms with Crippen LogP contribution in [-0.4, -0.2) is 30.4 Å². The molecule has 7 nitrogen and oxygen atoms in total. The lowest BCUT2D eigenvalue weighted by Gasteiger charge is -2.15. The summed E-state index contributed by atoms with van der Waals surface area (Å²) in [4.78, 5) is 12.6. The summed E-state index contributed by atoms with van der Waals surface area (Å²) < 4.78 is 106. The third-order valence-corrected chi connectivity index (χ3v) is 5.83. The zero-order chi connectivity index (χ0) is 26.8. The molecule has 1 aromatic heterocycles. The number of amides is 1. The predicted molar refractivity (Wildman–Crippen MR) is 117 cm³/mol. The Balaban J connectivity index is 1.78. The van der Waals surface area contributed by atoms with Crippen molar-refractivity contribution in [3.05, 3.63) is 82.4 Å². The zero-order valence-corrected chi connectivity index (χ0v) is 19.6. The minimum atomic E-state index is -4.83. The second-order valence-corrected chi connectivity index (χ2v) is 9.75. The molecule has 1 heterocycles. The maximum atomic E-state index is 14.4. The van der Waals surface area contributed by atoms with Crippen molar-refractivity contribution in [1.82, 2.24) is 19.8 Å². The Morgan fingerprint density at radius 3 is 2.28 bits per heavy atom. The standard InChI is InChI=1S/C22H20F6N4O3S/c1-12(13-3-4-14(18(24)7-13)10-30-36(2,34)35)21(33)29-11-16-9-20(22(26,27)28)31-32(16)15-5-6-17(23)19(25)8-15/h3-9,12,30H,10-11H2,1-2H3,(H,29,33). The van der Waals surface area contributed by atoms with Crippen molar-refractivity contribution in [1.29, 1.82) is 0 Å². The SMILES string of the molecule is CC(C(=O)NCc1cc(C(F)(F)F)nn1-c1ccc(F)c(F)c1)c1ccc(CNS(C)(=O)=O)c(F)c1. The molecule has 0 saturated heterocycles. The van der Waals surface area contributed by atoms with Crippen LogP contribution in [0.4, 0.5) is 26.3 Å². The molecule has 194 valence electrons. The number of rotatable bonds is 8. The number of benzene rings is 2. The third-order valence-electron chi connectivity index (χ3n) is 5.16. The monoisotopic (exact) mass is 534 g/mol. The molecule has 1 atom stereocenters. The average molecular weight is 534 g/mol. The van der Waals surface area contributed by atoms with Crippen LogP contribution in [0.15, 0.2) is 42.5 Å². The summed E-state index contributed by atoms with van der Waals surface area (Å²) in [5, 5.41) is 5.84. The van der Waals surface area contributed by atoms with E-state index in [2.05, 4.69) is 15.1 Å².